The molecule has 0 fully saturated rings. The van der Waals surface area contributed by atoms with Crippen LogP contribution in [0.3, 0.4) is 0 Å². The van der Waals surface area contributed by atoms with Crippen LogP contribution in [0.15, 0.2) is 24.3 Å². The highest BCUT2D eigenvalue weighted by molar-refractivity contribution is 6.32. The van der Waals surface area contributed by atoms with E-state index in [2.05, 4.69) is 5.32 Å². The number of halogens is 1. The maximum atomic E-state index is 11.4. The zero-order valence-electron chi connectivity index (χ0n) is 11.2. The number of ether oxygens (including phenoxy) is 1. The first-order valence-corrected chi connectivity index (χ1v) is 6.28. The van der Waals surface area contributed by atoms with Crippen molar-refractivity contribution in [3.05, 3.63) is 34.9 Å². The van der Waals surface area contributed by atoms with E-state index in [-0.39, 0.29) is 5.75 Å². The van der Waals surface area contributed by atoms with Crippen LogP contribution in [-0.2, 0) is 4.74 Å². The molecule has 0 aliphatic heterocycles. The lowest BCUT2D eigenvalue weighted by atomic mass is 10.2. The van der Waals surface area contributed by atoms with Gasteiger partial charge in [-0.05, 0) is 32.9 Å². The lowest BCUT2D eigenvalue weighted by Crippen LogP contribution is -2.32. The molecule has 0 saturated heterocycles. The molecule has 0 aliphatic rings. The van der Waals surface area contributed by atoms with Crippen molar-refractivity contribution in [1.29, 1.82) is 0 Å². The predicted molar refractivity (Wildman–Crippen MR) is 76.4 cm³/mol. The molecule has 0 atom stereocenters. The molecule has 0 aromatic heterocycles. The second-order valence-corrected chi connectivity index (χ2v) is 5.36. The fourth-order valence-electron chi connectivity index (χ4n) is 1.32. The van der Waals surface area contributed by atoms with E-state index in [0.29, 0.717) is 17.1 Å². The summed E-state index contributed by atoms with van der Waals surface area (Å²) in [5.41, 5.74) is 0.00425. The molecule has 1 rings (SSSR count). The summed E-state index contributed by atoms with van der Waals surface area (Å²) in [6, 6.07) is 4.89. The third-order valence-electron chi connectivity index (χ3n) is 2.08. The quantitative estimate of drug-likeness (QED) is 0.891. The number of phenols is 1. The zero-order valence-corrected chi connectivity index (χ0v) is 12.0. The van der Waals surface area contributed by atoms with E-state index in [9.17, 15) is 9.90 Å². The first-order chi connectivity index (χ1) is 8.79. The van der Waals surface area contributed by atoms with Crippen LogP contribution in [0, 0.1) is 0 Å². The Morgan fingerprint density at radius 1 is 1.47 bits per heavy atom. The standard InChI is InChI=1S/C14H18ClNO3/c1-14(2,3)19-13(18)16-9-5-6-10-11(15)7-4-8-12(10)17/h4-8,17H,9H2,1-3H3,(H,16,18). The van der Waals surface area contributed by atoms with Gasteiger partial charge in [-0.15, -0.1) is 0 Å². The van der Waals surface area contributed by atoms with Crippen molar-refractivity contribution in [2.45, 2.75) is 26.4 Å². The van der Waals surface area contributed by atoms with Gasteiger partial charge in [-0.1, -0.05) is 29.8 Å². The number of hydrogen-bond acceptors (Lipinski definition) is 3. The number of phenolic OH excluding ortho intramolecular Hbond substituents is 1. The average Bonchev–Trinajstić information content (AvgIpc) is 2.25. The Bertz CT molecular complexity index is 458. The number of hydrogen-bond donors (Lipinski definition) is 2. The lowest BCUT2D eigenvalue weighted by Gasteiger charge is -2.19. The van der Waals surface area contributed by atoms with Gasteiger partial charge in [0.15, 0.2) is 0 Å². The van der Waals surface area contributed by atoms with Crippen LogP contribution in [0.4, 0.5) is 4.79 Å². The summed E-state index contributed by atoms with van der Waals surface area (Å²) >= 11 is 5.93. The van der Waals surface area contributed by atoms with E-state index in [4.69, 9.17) is 16.3 Å². The van der Waals surface area contributed by atoms with Crippen molar-refractivity contribution in [1.82, 2.24) is 5.32 Å². The molecule has 1 amide bonds. The Morgan fingerprint density at radius 3 is 2.74 bits per heavy atom. The molecule has 0 bridgehead atoms. The summed E-state index contributed by atoms with van der Waals surface area (Å²) < 4.78 is 5.08. The van der Waals surface area contributed by atoms with Gasteiger partial charge in [-0.2, -0.15) is 0 Å². The smallest absolute Gasteiger partial charge is 0.407 e. The molecule has 19 heavy (non-hydrogen) atoms. The zero-order chi connectivity index (χ0) is 14.5. The van der Waals surface area contributed by atoms with Gasteiger partial charge in [0, 0.05) is 12.1 Å². The minimum absolute atomic E-state index is 0.0982. The molecule has 0 unspecified atom stereocenters. The molecule has 104 valence electrons. The van der Waals surface area contributed by atoms with Gasteiger partial charge in [0.05, 0.1) is 5.02 Å². The molecule has 0 radical (unpaired) electrons. The van der Waals surface area contributed by atoms with Gasteiger partial charge < -0.3 is 15.2 Å². The highest BCUT2D eigenvalue weighted by Gasteiger charge is 2.14. The number of carbonyl (C=O) groups is 1. The average molecular weight is 284 g/mol. The van der Waals surface area contributed by atoms with Crippen molar-refractivity contribution in [2.75, 3.05) is 6.54 Å². The SMILES string of the molecule is CC(C)(C)OC(=O)NCC=Cc1c(O)cccc1Cl. The van der Waals surface area contributed by atoms with Crippen LogP contribution in [0.2, 0.25) is 5.02 Å². The van der Waals surface area contributed by atoms with Crippen molar-refractivity contribution >= 4 is 23.8 Å². The van der Waals surface area contributed by atoms with Crippen molar-refractivity contribution in [3.8, 4) is 5.75 Å². The second kappa shape index (κ2) is 6.48. The first-order valence-electron chi connectivity index (χ1n) is 5.90. The highest BCUT2D eigenvalue weighted by Crippen LogP contribution is 2.26. The Hall–Kier alpha value is -1.68. The molecule has 1 aromatic rings. The summed E-state index contributed by atoms with van der Waals surface area (Å²) in [5, 5.41) is 12.6. The Kier molecular flexibility index (Phi) is 5.24. The Labute approximate surface area is 118 Å². The highest BCUT2D eigenvalue weighted by atomic mass is 35.5. The fourth-order valence-corrected chi connectivity index (χ4v) is 1.56. The molecule has 2 N–H and O–H groups in total. The van der Waals surface area contributed by atoms with Crippen molar-refractivity contribution in [2.24, 2.45) is 0 Å². The Morgan fingerprint density at radius 2 is 2.16 bits per heavy atom. The number of alkyl carbamates (subject to hydrolysis) is 1. The third kappa shape index (κ3) is 5.66. The van der Waals surface area contributed by atoms with E-state index in [0.717, 1.165) is 0 Å². The van der Waals surface area contributed by atoms with Crippen LogP contribution < -0.4 is 5.32 Å². The lowest BCUT2D eigenvalue weighted by molar-refractivity contribution is 0.0534. The van der Waals surface area contributed by atoms with Crippen molar-refractivity contribution in [3.63, 3.8) is 0 Å². The summed E-state index contributed by atoms with van der Waals surface area (Å²) in [6.45, 7) is 5.68. The van der Waals surface area contributed by atoms with E-state index in [1.54, 1.807) is 51.1 Å². The van der Waals surface area contributed by atoms with Crippen LogP contribution >= 0.6 is 11.6 Å². The van der Waals surface area contributed by atoms with Crippen molar-refractivity contribution < 1.29 is 14.6 Å². The monoisotopic (exact) mass is 283 g/mol. The van der Waals surface area contributed by atoms with Crippen LogP contribution in [0.25, 0.3) is 6.08 Å². The minimum atomic E-state index is -0.519. The van der Waals surface area contributed by atoms with Gasteiger partial charge in [-0.25, -0.2) is 4.79 Å². The van der Waals surface area contributed by atoms with Crippen LogP contribution in [0.5, 0.6) is 5.75 Å². The van der Waals surface area contributed by atoms with Crippen LogP contribution in [0.1, 0.15) is 26.3 Å². The minimum Gasteiger partial charge on any atom is -0.507 e. The van der Waals surface area contributed by atoms with Gasteiger partial charge in [0.25, 0.3) is 0 Å². The molecule has 4 nitrogen and oxygen atoms in total. The maximum absolute atomic E-state index is 11.4. The predicted octanol–water partition coefficient (Wildman–Crippen LogP) is 3.58. The van der Waals surface area contributed by atoms with Gasteiger partial charge in [0.1, 0.15) is 11.4 Å². The van der Waals surface area contributed by atoms with Gasteiger partial charge >= 0.3 is 6.09 Å². The molecule has 0 saturated carbocycles. The molecule has 1 aromatic carbocycles. The number of nitrogens with one attached hydrogen (secondary N) is 1. The number of carbonyl (C=O) groups excluding carboxylic acids is 1. The molecule has 5 heteroatoms. The second-order valence-electron chi connectivity index (χ2n) is 4.96. The topological polar surface area (TPSA) is 58.6 Å². The molecule has 0 heterocycles. The molecular weight excluding hydrogens is 266 g/mol. The Balaban J connectivity index is 2.49. The van der Waals surface area contributed by atoms with E-state index >= 15 is 0 Å². The summed E-state index contributed by atoms with van der Waals surface area (Å²) in [4.78, 5) is 11.4. The third-order valence-corrected chi connectivity index (χ3v) is 2.41. The van der Waals surface area contributed by atoms with Crippen LogP contribution in [-0.4, -0.2) is 23.3 Å². The van der Waals surface area contributed by atoms with Gasteiger partial charge in [0.2, 0.25) is 0 Å². The summed E-state index contributed by atoms with van der Waals surface area (Å²) in [7, 11) is 0. The van der Waals surface area contributed by atoms with E-state index in [1.807, 2.05) is 0 Å². The van der Waals surface area contributed by atoms with E-state index < -0.39 is 11.7 Å². The first kappa shape index (κ1) is 15.4. The summed E-state index contributed by atoms with van der Waals surface area (Å²) in [5.74, 6) is 0.0982. The molecule has 0 spiro atoms. The van der Waals surface area contributed by atoms with Gasteiger partial charge in [-0.3, -0.25) is 0 Å². The number of rotatable bonds is 3. The fraction of sp³-hybridized carbons (Fsp3) is 0.357. The molecular formula is C14H18ClNO3. The number of amides is 1. The van der Waals surface area contributed by atoms with E-state index in [1.165, 1.54) is 0 Å². The maximum Gasteiger partial charge on any atom is 0.407 e. The number of benzene rings is 1. The molecule has 0 aliphatic carbocycles. The summed E-state index contributed by atoms with van der Waals surface area (Å²) in [6.07, 6.45) is 2.85. The number of aromatic hydroxyl groups is 1. The largest absolute Gasteiger partial charge is 0.507 e. The normalized spacial score (nSPS) is 11.6.